The predicted molar refractivity (Wildman–Crippen MR) is 45.6 cm³/mol. The van der Waals surface area contributed by atoms with Crippen molar-refractivity contribution >= 4 is 5.91 Å². The van der Waals surface area contributed by atoms with Crippen LogP contribution in [0.5, 0.6) is 0 Å². The van der Waals surface area contributed by atoms with Crippen LogP contribution < -0.4 is 11.1 Å². The molecule has 64 valence electrons. The number of rotatable bonds is 0. The lowest BCUT2D eigenvalue weighted by molar-refractivity contribution is 0.0957. The Bertz CT molecular complexity index is 419. The summed E-state index contributed by atoms with van der Waals surface area (Å²) in [5, 5.41) is 11.3. The lowest BCUT2D eigenvalue weighted by atomic mass is 10.0. The zero-order chi connectivity index (χ0) is 9.42. The molecule has 0 spiro atoms. The number of benzene rings is 1. The van der Waals surface area contributed by atoms with E-state index in [1.54, 1.807) is 18.2 Å². The van der Waals surface area contributed by atoms with E-state index in [1.807, 2.05) is 6.07 Å². The van der Waals surface area contributed by atoms with Crippen LogP contribution in [-0.2, 0) is 0 Å². The van der Waals surface area contributed by atoms with Gasteiger partial charge in [0, 0.05) is 5.56 Å². The van der Waals surface area contributed by atoms with Gasteiger partial charge in [0.25, 0.3) is 5.91 Å². The van der Waals surface area contributed by atoms with Gasteiger partial charge in [0.1, 0.15) is 6.17 Å². The third-order valence-electron chi connectivity index (χ3n) is 2.07. The highest BCUT2D eigenvalue weighted by Crippen LogP contribution is 2.24. The second-order valence-electron chi connectivity index (χ2n) is 2.83. The van der Waals surface area contributed by atoms with Crippen LogP contribution in [0.3, 0.4) is 0 Å². The molecule has 1 heterocycles. The van der Waals surface area contributed by atoms with Crippen LogP contribution in [0.2, 0.25) is 0 Å². The minimum atomic E-state index is -0.476. The van der Waals surface area contributed by atoms with Crippen molar-refractivity contribution in [3.8, 4) is 6.07 Å². The number of nitrogens with zero attached hydrogens (tertiary/aromatic N) is 1. The molecule has 4 nitrogen and oxygen atoms in total. The van der Waals surface area contributed by atoms with Crippen molar-refractivity contribution in [3.63, 3.8) is 0 Å². The molecule has 0 aliphatic carbocycles. The number of carbonyl (C=O) groups is 1. The summed E-state index contributed by atoms with van der Waals surface area (Å²) in [6.45, 7) is 0. The lowest BCUT2D eigenvalue weighted by Gasteiger charge is -2.02. The maximum Gasteiger partial charge on any atom is 0.254 e. The van der Waals surface area contributed by atoms with Gasteiger partial charge in [-0.1, -0.05) is 12.1 Å². The second-order valence-corrected chi connectivity index (χ2v) is 2.83. The van der Waals surface area contributed by atoms with Gasteiger partial charge >= 0.3 is 0 Å². The van der Waals surface area contributed by atoms with Gasteiger partial charge in [0.2, 0.25) is 0 Å². The zero-order valence-electron chi connectivity index (χ0n) is 6.74. The Morgan fingerprint density at radius 1 is 1.54 bits per heavy atom. The van der Waals surface area contributed by atoms with Gasteiger partial charge in [-0.25, -0.2) is 0 Å². The number of carbonyl (C=O) groups excluding carboxylic acids is 1. The first-order valence-electron chi connectivity index (χ1n) is 3.83. The molecule has 3 N–H and O–H groups in total. The molecule has 1 aromatic carbocycles. The van der Waals surface area contributed by atoms with Crippen molar-refractivity contribution in [3.05, 3.63) is 34.9 Å². The molecule has 0 bridgehead atoms. The first kappa shape index (κ1) is 7.77. The van der Waals surface area contributed by atoms with Gasteiger partial charge in [0.15, 0.2) is 0 Å². The van der Waals surface area contributed by atoms with Crippen LogP contribution in [0, 0.1) is 11.3 Å². The van der Waals surface area contributed by atoms with Gasteiger partial charge in [0.05, 0.1) is 17.2 Å². The van der Waals surface area contributed by atoms with Crippen LogP contribution in [-0.4, -0.2) is 5.91 Å². The molecule has 0 radical (unpaired) electrons. The van der Waals surface area contributed by atoms with E-state index in [1.165, 1.54) is 0 Å². The minimum Gasteiger partial charge on any atom is -0.333 e. The molecule has 1 unspecified atom stereocenters. The van der Waals surface area contributed by atoms with Gasteiger partial charge < -0.3 is 11.1 Å². The number of nitrogens with one attached hydrogen (secondary N) is 1. The summed E-state index contributed by atoms with van der Waals surface area (Å²) in [7, 11) is 0. The van der Waals surface area contributed by atoms with E-state index >= 15 is 0 Å². The molecule has 0 aromatic heterocycles. The summed E-state index contributed by atoms with van der Waals surface area (Å²) in [4.78, 5) is 11.3. The summed E-state index contributed by atoms with van der Waals surface area (Å²) in [5.74, 6) is -0.264. The average Bonchev–Trinajstić information content (AvgIpc) is 2.43. The fourth-order valence-electron chi connectivity index (χ4n) is 1.47. The van der Waals surface area contributed by atoms with Crippen molar-refractivity contribution < 1.29 is 4.79 Å². The van der Waals surface area contributed by atoms with Crippen LogP contribution in [0.25, 0.3) is 0 Å². The number of hydrogen-bond donors (Lipinski definition) is 2. The Morgan fingerprint density at radius 3 is 3.00 bits per heavy atom. The largest absolute Gasteiger partial charge is 0.333 e. The highest BCUT2D eigenvalue weighted by molar-refractivity contribution is 6.01. The summed E-state index contributed by atoms with van der Waals surface area (Å²) in [6, 6.07) is 7.04. The van der Waals surface area contributed by atoms with E-state index in [2.05, 4.69) is 5.32 Å². The van der Waals surface area contributed by atoms with E-state index < -0.39 is 6.17 Å². The van der Waals surface area contributed by atoms with Crippen LogP contribution in [0.1, 0.15) is 27.7 Å². The monoisotopic (exact) mass is 173 g/mol. The molecule has 1 amide bonds. The quantitative estimate of drug-likeness (QED) is 0.590. The Morgan fingerprint density at radius 2 is 2.31 bits per heavy atom. The van der Waals surface area contributed by atoms with Crippen molar-refractivity contribution in [1.29, 1.82) is 5.26 Å². The van der Waals surface area contributed by atoms with E-state index in [9.17, 15) is 4.79 Å². The van der Waals surface area contributed by atoms with Crippen molar-refractivity contribution in [2.24, 2.45) is 5.73 Å². The predicted octanol–water partition coefficient (Wildman–Crippen LogP) is 0.259. The number of hydrogen-bond acceptors (Lipinski definition) is 3. The van der Waals surface area contributed by atoms with Gasteiger partial charge in [-0.2, -0.15) is 5.26 Å². The lowest BCUT2D eigenvalue weighted by Crippen LogP contribution is -2.25. The average molecular weight is 173 g/mol. The molecule has 4 heteroatoms. The number of amides is 1. The molecule has 0 saturated heterocycles. The Labute approximate surface area is 75.0 Å². The van der Waals surface area contributed by atoms with Gasteiger partial charge in [-0.15, -0.1) is 0 Å². The first-order chi connectivity index (χ1) is 6.24. The fourth-order valence-corrected chi connectivity index (χ4v) is 1.47. The summed E-state index contributed by atoms with van der Waals surface area (Å²) < 4.78 is 0. The summed E-state index contributed by atoms with van der Waals surface area (Å²) in [5.41, 5.74) is 7.11. The van der Waals surface area contributed by atoms with Gasteiger partial charge in [-0.05, 0) is 6.07 Å². The Balaban J connectivity index is 2.71. The van der Waals surface area contributed by atoms with Crippen molar-refractivity contribution in [2.75, 3.05) is 0 Å². The molecule has 1 aromatic rings. The maximum absolute atomic E-state index is 11.3. The van der Waals surface area contributed by atoms with E-state index in [-0.39, 0.29) is 5.91 Å². The van der Waals surface area contributed by atoms with Crippen molar-refractivity contribution in [1.82, 2.24) is 5.32 Å². The fraction of sp³-hybridized carbons (Fsp3) is 0.111. The molecule has 0 fully saturated rings. The molecular weight excluding hydrogens is 166 g/mol. The number of nitriles is 1. The van der Waals surface area contributed by atoms with Crippen LogP contribution in [0.4, 0.5) is 0 Å². The normalized spacial score (nSPS) is 19.1. The molecular formula is C9H7N3O. The Hall–Kier alpha value is -1.86. The van der Waals surface area contributed by atoms with E-state index in [0.29, 0.717) is 16.7 Å². The SMILES string of the molecule is N#Cc1cccc2c1C(=O)NC2N. The molecule has 1 aliphatic rings. The topological polar surface area (TPSA) is 78.9 Å². The Kier molecular flexibility index (Phi) is 1.54. The third kappa shape index (κ3) is 0.983. The smallest absolute Gasteiger partial charge is 0.254 e. The molecule has 1 atom stereocenters. The minimum absolute atomic E-state index is 0.264. The van der Waals surface area contributed by atoms with Crippen molar-refractivity contribution in [2.45, 2.75) is 6.17 Å². The van der Waals surface area contributed by atoms with E-state index in [4.69, 9.17) is 11.0 Å². The molecule has 2 rings (SSSR count). The molecule has 0 saturated carbocycles. The highest BCUT2D eigenvalue weighted by Gasteiger charge is 2.27. The number of nitrogens with two attached hydrogens (primary N) is 1. The molecule has 1 aliphatic heterocycles. The third-order valence-corrected chi connectivity index (χ3v) is 2.07. The standard InChI is InChI=1S/C9H7N3O/c10-4-5-2-1-3-6-7(5)9(13)12-8(6)11/h1-3,8H,11H2,(H,12,13). The van der Waals surface area contributed by atoms with Crippen LogP contribution >= 0.6 is 0 Å². The van der Waals surface area contributed by atoms with Crippen LogP contribution in [0.15, 0.2) is 18.2 Å². The maximum atomic E-state index is 11.3. The second kappa shape index (κ2) is 2.57. The number of fused-ring (bicyclic) bond motifs is 1. The molecule has 13 heavy (non-hydrogen) atoms. The van der Waals surface area contributed by atoms with Gasteiger partial charge in [-0.3, -0.25) is 4.79 Å². The summed E-state index contributed by atoms with van der Waals surface area (Å²) in [6.07, 6.45) is -0.476. The highest BCUT2D eigenvalue weighted by atomic mass is 16.2. The van der Waals surface area contributed by atoms with E-state index in [0.717, 1.165) is 0 Å². The zero-order valence-corrected chi connectivity index (χ0v) is 6.74. The summed E-state index contributed by atoms with van der Waals surface area (Å²) >= 11 is 0. The first-order valence-corrected chi connectivity index (χ1v) is 3.83.